The number of carbonyl (C=O) groups excluding carboxylic acids is 2. The van der Waals surface area contributed by atoms with Gasteiger partial charge in [0.2, 0.25) is 11.8 Å². The largest absolute Gasteiger partial charge is 0.274 e. The second-order valence-electron chi connectivity index (χ2n) is 6.97. The zero-order valence-corrected chi connectivity index (χ0v) is 14.1. The molecule has 2 fully saturated rings. The molecule has 1 saturated carbocycles. The number of imide groups is 1. The minimum Gasteiger partial charge on any atom is -0.274 e. The molecule has 4 unspecified atom stereocenters. The minimum atomic E-state index is -0.198. The first-order valence-electron chi connectivity index (χ1n) is 8.46. The molecule has 1 aliphatic heterocycles. The SMILES string of the molecule is O=C1C2C3C=CC(C3)C2C(=O)N1c1ccn(Cc2ccccc2Cl)n1. The number of benzene rings is 1. The van der Waals surface area contributed by atoms with Gasteiger partial charge in [0.05, 0.1) is 18.4 Å². The number of hydrogen-bond acceptors (Lipinski definition) is 3. The molecule has 0 N–H and O–H groups in total. The molecule has 1 saturated heterocycles. The van der Waals surface area contributed by atoms with E-state index in [1.165, 1.54) is 4.90 Å². The van der Waals surface area contributed by atoms with Gasteiger partial charge in [-0.05, 0) is 29.9 Å². The third-order valence-corrected chi connectivity index (χ3v) is 5.98. The highest BCUT2D eigenvalue weighted by Crippen LogP contribution is 2.53. The van der Waals surface area contributed by atoms with Crippen molar-refractivity contribution in [3.8, 4) is 0 Å². The summed E-state index contributed by atoms with van der Waals surface area (Å²) >= 11 is 6.19. The summed E-state index contributed by atoms with van der Waals surface area (Å²) in [7, 11) is 0. The van der Waals surface area contributed by atoms with Gasteiger partial charge < -0.3 is 0 Å². The van der Waals surface area contributed by atoms with Crippen molar-refractivity contribution in [2.45, 2.75) is 13.0 Å². The first-order valence-corrected chi connectivity index (χ1v) is 8.84. The van der Waals surface area contributed by atoms with E-state index in [1.807, 2.05) is 24.3 Å². The van der Waals surface area contributed by atoms with E-state index >= 15 is 0 Å². The maximum Gasteiger partial charge on any atom is 0.239 e. The number of aromatic nitrogens is 2. The molecular formula is C19H16ClN3O2. The number of hydrogen-bond donors (Lipinski definition) is 0. The summed E-state index contributed by atoms with van der Waals surface area (Å²) in [6, 6.07) is 9.29. The first-order chi connectivity index (χ1) is 12.1. The fourth-order valence-electron chi connectivity index (χ4n) is 4.49. The van der Waals surface area contributed by atoms with Crippen LogP contribution in [0.2, 0.25) is 5.02 Å². The summed E-state index contributed by atoms with van der Waals surface area (Å²) in [6.07, 6.45) is 6.90. The molecule has 0 spiro atoms. The van der Waals surface area contributed by atoms with Crippen molar-refractivity contribution in [1.82, 2.24) is 9.78 Å². The van der Waals surface area contributed by atoms with Crippen molar-refractivity contribution in [2.75, 3.05) is 4.90 Å². The first kappa shape index (κ1) is 14.9. The predicted octanol–water partition coefficient (Wildman–Crippen LogP) is 2.90. The Hall–Kier alpha value is -2.40. The Morgan fingerprint density at radius 2 is 1.72 bits per heavy atom. The number of allylic oxidation sites excluding steroid dienone is 2. The second kappa shape index (κ2) is 5.30. The topological polar surface area (TPSA) is 55.2 Å². The molecule has 2 aromatic rings. The van der Waals surface area contributed by atoms with Crippen LogP contribution >= 0.6 is 11.6 Å². The third-order valence-electron chi connectivity index (χ3n) is 5.62. The molecule has 2 bridgehead atoms. The summed E-state index contributed by atoms with van der Waals surface area (Å²) in [5.41, 5.74) is 0.942. The summed E-state index contributed by atoms with van der Waals surface area (Å²) in [5.74, 6) is 0.233. The number of rotatable bonds is 3. The van der Waals surface area contributed by atoms with Crippen molar-refractivity contribution in [1.29, 1.82) is 0 Å². The molecule has 2 aliphatic carbocycles. The van der Waals surface area contributed by atoms with E-state index in [1.54, 1.807) is 16.9 Å². The summed E-state index contributed by atoms with van der Waals surface area (Å²) in [5, 5.41) is 5.12. The van der Waals surface area contributed by atoms with Gasteiger partial charge in [0.25, 0.3) is 0 Å². The van der Waals surface area contributed by atoms with E-state index in [2.05, 4.69) is 17.3 Å². The molecule has 25 heavy (non-hydrogen) atoms. The number of carbonyl (C=O) groups is 2. The van der Waals surface area contributed by atoms with Crippen LogP contribution < -0.4 is 4.90 Å². The Morgan fingerprint density at radius 3 is 2.40 bits per heavy atom. The van der Waals surface area contributed by atoms with E-state index < -0.39 is 0 Å². The molecule has 0 radical (unpaired) electrons. The van der Waals surface area contributed by atoms with Gasteiger partial charge in [-0.15, -0.1) is 0 Å². The predicted molar refractivity (Wildman–Crippen MR) is 93.0 cm³/mol. The van der Waals surface area contributed by atoms with Crippen LogP contribution in [-0.4, -0.2) is 21.6 Å². The normalized spacial score (nSPS) is 29.7. The molecule has 3 aliphatic rings. The molecule has 5 rings (SSSR count). The van der Waals surface area contributed by atoms with Gasteiger partial charge >= 0.3 is 0 Å². The Kier molecular flexibility index (Phi) is 3.16. The van der Waals surface area contributed by atoms with E-state index in [0.29, 0.717) is 17.4 Å². The average molecular weight is 354 g/mol. The van der Waals surface area contributed by atoms with E-state index in [-0.39, 0.29) is 35.5 Å². The Bertz CT molecular complexity index is 889. The van der Waals surface area contributed by atoms with Gasteiger partial charge in [0, 0.05) is 17.3 Å². The van der Waals surface area contributed by atoms with Crippen molar-refractivity contribution in [3.63, 3.8) is 0 Å². The lowest BCUT2D eigenvalue weighted by atomic mass is 9.85. The highest BCUT2D eigenvalue weighted by Gasteiger charge is 2.59. The summed E-state index contributed by atoms with van der Waals surface area (Å²) in [6.45, 7) is 0.496. The summed E-state index contributed by atoms with van der Waals surface area (Å²) < 4.78 is 1.71. The molecule has 2 heterocycles. The van der Waals surface area contributed by atoms with Crippen LogP contribution in [0.3, 0.4) is 0 Å². The van der Waals surface area contributed by atoms with Gasteiger partial charge in [0.1, 0.15) is 0 Å². The quantitative estimate of drug-likeness (QED) is 0.629. The van der Waals surface area contributed by atoms with Crippen molar-refractivity contribution in [3.05, 3.63) is 59.3 Å². The van der Waals surface area contributed by atoms with Crippen LogP contribution in [0.4, 0.5) is 5.82 Å². The van der Waals surface area contributed by atoms with Gasteiger partial charge in [-0.1, -0.05) is 42.0 Å². The number of halogens is 1. The van der Waals surface area contributed by atoms with Crippen LogP contribution in [0, 0.1) is 23.7 Å². The molecule has 4 atom stereocenters. The van der Waals surface area contributed by atoms with Crippen LogP contribution in [0.25, 0.3) is 0 Å². The standard InChI is InChI=1S/C19H16ClN3O2/c20-14-4-2-1-3-13(14)10-22-8-7-15(21-22)23-18(24)16-11-5-6-12(9-11)17(16)19(23)25/h1-8,11-12,16-17H,9-10H2. The lowest BCUT2D eigenvalue weighted by Gasteiger charge is -2.14. The molecule has 2 amide bonds. The van der Waals surface area contributed by atoms with E-state index in [4.69, 9.17) is 11.6 Å². The second-order valence-corrected chi connectivity index (χ2v) is 7.38. The highest BCUT2D eigenvalue weighted by molar-refractivity contribution is 6.31. The van der Waals surface area contributed by atoms with E-state index in [0.717, 1.165) is 12.0 Å². The van der Waals surface area contributed by atoms with E-state index in [9.17, 15) is 9.59 Å². The fourth-order valence-corrected chi connectivity index (χ4v) is 4.68. The van der Waals surface area contributed by atoms with Gasteiger partial charge in [-0.3, -0.25) is 14.3 Å². The van der Waals surface area contributed by atoms with Crippen molar-refractivity contribution < 1.29 is 9.59 Å². The minimum absolute atomic E-state index is 0.102. The molecule has 1 aromatic heterocycles. The van der Waals surface area contributed by atoms with Gasteiger partial charge in [0.15, 0.2) is 5.82 Å². The van der Waals surface area contributed by atoms with Crippen LogP contribution in [0.5, 0.6) is 0 Å². The number of anilines is 1. The Morgan fingerprint density at radius 1 is 1.04 bits per heavy atom. The molecular weight excluding hydrogens is 338 g/mol. The molecule has 6 heteroatoms. The zero-order valence-electron chi connectivity index (χ0n) is 13.4. The lowest BCUT2D eigenvalue weighted by molar-refractivity contribution is -0.123. The Labute approximate surface area is 149 Å². The van der Waals surface area contributed by atoms with Crippen LogP contribution in [0.1, 0.15) is 12.0 Å². The van der Waals surface area contributed by atoms with Gasteiger partial charge in [-0.25, -0.2) is 4.90 Å². The lowest BCUT2D eigenvalue weighted by Crippen LogP contribution is -2.33. The average Bonchev–Trinajstić information content (AvgIpc) is 3.35. The molecule has 1 aromatic carbocycles. The van der Waals surface area contributed by atoms with Crippen molar-refractivity contribution >= 4 is 29.2 Å². The smallest absolute Gasteiger partial charge is 0.239 e. The molecule has 126 valence electrons. The number of fused-ring (bicyclic) bond motifs is 5. The van der Waals surface area contributed by atoms with Crippen LogP contribution in [0.15, 0.2) is 48.7 Å². The zero-order chi connectivity index (χ0) is 17.1. The fraction of sp³-hybridized carbons (Fsp3) is 0.316. The third kappa shape index (κ3) is 2.12. The monoisotopic (exact) mass is 353 g/mol. The summed E-state index contributed by atoms with van der Waals surface area (Å²) in [4.78, 5) is 26.9. The highest BCUT2D eigenvalue weighted by atomic mass is 35.5. The maximum atomic E-state index is 12.8. The number of amides is 2. The van der Waals surface area contributed by atoms with Crippen molar-refractivity contribution in [2.24, 2.45) is 23.7 Å². The van der Waals surface area contributed by atoms with Crippen LogP contribution in [-0.2, 0) is 16.1 Å². The maximum absolute atomic E-state index is 12.8. The number of nitrogens with zero attached hydrogens (tertiary/aromatic N) is 3. The Balaban J connectivity index is 1.42. The molecule has 5 nitrogen and oxygen atoms in total. The van der Waals surface area contributed by atoms with Gasteiger partial charge in [-0.2, -0.15) is 5.10 Å².